The minimum atomic E-state index is -1.10. The zero-order valence-electron chi connectivity index (χ0n) is 16.6. The van der Waals surface area contributed by atoms with Gasteiger partial charge in [0, 0.05) is 16.7 Å². The Bertz CT molecular complexity index is 886. The number of benzene rings is 3. The van der Waals surface area contributed by atoms with Crippen LogP contribution in [0.4, 0.5) is 0 Å². The molecular formula is C20H16Li2O4. The summed E-state index contributed by atoms with van der Waals surface area (Å²) in [5, 5.41) is 19.2. The Balaban J connectivity index is 0.00000182. The molecule has 3 aromatic rings. The summed E-state index contributed by atoms with van der Waals surface area (Å²) in [7, 11) is 0. The van der Waals surface area contributed by atoms with Gasteiger partial charge in [0.2, 0.25) is 0 Å². The summed E-state index contributed by atoms with van der Waals surface area (Å²) in [5.74, 6) is -0.124. The van der Waals surface area contributed by atoms with Gasteiger partial charge in [-0.2, -0.15) is 0 Å². The average Bonchev–Trinajstić information content (AvgIpc) is 2.91. The number of phenolic OH excluding ortho intramolecular Hbond substituents is 2. The van der Waals surface area contributed by atoms with Crippen molar-refractivity contribution in [3.8, 4) is 11.5 Å². The average molecular weight is 334 g/mol. The van der Waals surface area contributed by atoms with Crippen LogP contribution in [0, 0.1) is 0 Å². The number of phenols is 2. The second-order valence-electron chi connectivity index (χ2n) is 5.71. The topological polar surface area (TPSA) is 66.8 Å². The maximum atomic E-state index is 12.4. The summed E-state index contributed by atoms with van der Waals surface area (Å²) in [6.07, 6.45) is 0. The van der Waals surface area contributed by atoms with E-state index in [4.69, 9.17) is 4.74 Å². The maximum Gasteiger partial charge on any atom is 1.00 e. The Kier molecular flexibility index (Phi) is 5.96. The van der Waals surface area contributed by atoms with E-state index in [1.807, 2.05) is 12.1 Å². The van der Waals surface area contributed by atoms with Gasteiger partial charge in [0.25, 0.3) is 0 Å². The molecule has 0 atom stereocenters. The van der Waals surface area contributed by atoms with Gasteiger partial charge >= 0.3 is 43.7 Å². The number of ether oxygens (including phenoxy) is 1. The first-order valence-corrected chi connectivity index (χ1v) is 7.53. The Morgan fingerprint density at radius 2 is 1.19 bits per heavy atom. The van der Waals surface area contributed by atoms with E-state index in [1.165, 1.54) is 0 Å². The summed E-state index contributed by atoms with van der Waals surface area (Å²) in [4.78, 5) is 12.4. The van der Waals surface area contributed by atoms with Gasteiger partial charge in [-0.1, -0.05) is 42.5 Å². The molecule has 26 heavy (non-hydrogen) atoms. The predicted molar refractivity (Wildman–Crippen MR) is 90.2 cm³/mol. The molecule has 3 aromatic carbocycles. The normalized spacial score (nSPS) is 13.8. The van der Waals surface area contributed by atoms with E-state index in [2.05, 4.69) is 0 Å². The number of cyclic esters (lactones) is 1. The van der Waals surface area contributed by atoms with Crippen molar-refractivity contribution in [3.05, 3.63) is 95.1 Å². The van der Waals surface area contributed by atoms with E-state index in [1.54, 1.807) is 60.7 Å². The van der Waals surface area contributed by atoms with Gasteiger partial charge in [-0.3, -0.25) is 0 Å². The van der Waals surface area contributed by atoms with E-state index >= 15 is 0 Å². The van der Waals surface area contributed by atoms with Crippen LogP contribution < -0.4 is 37.7 Å². The number of rotatable bonds is 2. The number of esters is 1. The van der Waals surface area contributed by atoms with Crippen molar-refractivity contribution in [2.45, 2.75) is 5.60 Å². The van der Waals surface area contributed by atoms with Crippen molar-refractivity contribution in [1.29, 1.82) is 0 Å². The van der Waals surface area contributed by atoms with Crippen LogP contribution in [0.25, 0.3) is 0 Å². The van der Waals surface area contributed by atoms with Crippen molar-refractivity contribution in [2.75, 3.05) is 0 Å². The molecule has 4 nitrogen and oxygen atoms in total. The number of carbonyl (C=O) groups excluding carboxylic acids is 1. The zero-order valence-corrected chi connectivity index (χ0v) is 14.6. The van der Waals surface area contributed by atoms with Crippen LogP contribution in [0.15, 0.2) is 72.8 Å². The van der Waals surface area contributed by atoms with E-state index in [0.29, 0.717) is 5.56 Å². The third-order valence-corrected chi connectivity index (χ3v) is 4.32. The molecule has 4 rings (SSSR count). The molecular weight excluding hydrogens is 318 g/mol. The molecule has 0 bridgehead atoms. The van der Waals surface area contributed by atoms with Gasteiger partial charge in [0.05, 0.1) is 5.56 Å². The molecule has 6 heteroatoms. The van der Waals surface area contributed by atoms with Gasteiger partial charge in [0.1, 0.15) is 11.5 Å². The van der Waals surface area contributed by atoms with Crippen molar-refractivity contribution in [3.63, 3.8) is 0 Å². The summed E-state index contributed by atoms with van der Waals surface area (Å²) < 4.78 is 5.87. The van der Waals surface area contributed by atoms with Crippen LogP contribution >= 0.6 is 0 Å². The Labute approximate surface area is 178 Å². The van der Waals surface area contributed by atoms with Crippen LogP contribution in [0.5, 0.6) is 11.5 Å². The molecule has 0 fully saturated rings. The van der Waals surface area contributed by atoms with Crippen molar-refractivity contribution >= 4 is 5.97 Å². The largest absolute Gasteiger partial charge is 1.00 e. The fraction of sp³-hybridized carbons (Fsp3) is 0.0500. The standard InChI is InChI=1S/C20H14O4.2Li.2H/c21-15-9-5-13(6-10-15)20(14-7-11-16(22)12-8-14)18-4-2-1-3-17(18)19(23)24-20;;;;/h1-12,21-22H;;;;/q;2*+1;2*-1. The van der Waals surface area contributed by atoms with Gasteiger partial charge in [-0.25, -0.2) is 4.79 Å². The first kappa shape index (κ1) is 20.2. The fourth-order valence-corrected chi connectivity index (χ4v) is 3.20. The van der Waals surface area contributed by atoms with Crippen LogP contribution in [-0.2, 0) is 10.3 Å². The van der Waals surface area contributed by atoms with Gasteiger partial charge in [-0.05, 0) is 30.3 Å². The number of hydrogen-bond donors (Lipinski definition) is 2. The molecule has 0 saturated heterocycles. The summed E-state index contributed by atoms with van der Waals surface area (Å²) in [5.41, 5.74) is 1.60. The number of carbonyl (C=O) groups is 1. The minimum absolute atomic E-state index is 0. The molecule has 122 valence electrons. The van der Waals surface area contributed by atoms with E-state index in [-0.39, 0.29) is 52.1 Å². The van der Waals surface area contributed by atoms with E-state index in [0.717, 1.165) is 16.7 Å². The second-order valence-corrected chi connectivity index (χ2v) is 5.71. The molecule has 2 N–H and O–H groups in total. The van der Waals surface area contributed by atoms with Crippen LogP contribution in [0.2, 0.25) is 0 Å². The first-order chi connectivity index (χ1) is 11.6. The number of hydrogen-bond acceptors (Lipinski definition) is 4. The van der Waals surface area contributed by atoms with Gasteiger partial charge < -0.3 is 17.8 Å². The first-order valence-electron chi connectivity index (χ1n) is 7.53. The maximum absolute atomic E-state index is 12.4. The SMILES string of the molecule is O=C1OC(c2ccc(O)cc2)(c2ccc(O)cc2)c2ccccc21.[H-].[H-].[Li+].[Li+]. The fourth-order valence-electron chi connectivity index (χ4n) is 3.20. The molecule has 0 saturated carbocycles. The summed E-state index contributed by atoms with van der Waals surface area (Å²) >= 11 is 0. The smallest absolute Gasteiger partial charge is 1.00 e. The van der Waals surface area contributed by atoms with Gasteiger partial charge in [0.15, 0.2) is 5.60 Å². The second kappa shape index (κ2) is 7.66. The summed E-state index contributed by atoms with van der Waals surface area (Å²) in [6, 6.07) is 20.4. The van der Waals surface area contributed by atoms with Crippen LogP contribution in [-0.4, -0.2) is 16.2 Å². The third kappa shape index (κ3) is 3.07. The number of fused-ring (bicyclic) bond motifs is 1. The van der Waals surface area contributed by atoms with Crippen molar-refractivity contribution in [1.82, 2.24) is 0 Å². The van der Waals surface area contributed by atoms with Crippen molar-refractivity contribution in [2.24, 2.45) is 0 Å². The number of aromatic hydroxyl groups is 2. The molecule has 0 spiro atoms. The predicted octanol–water partition coefficient (Wildman–Crippen LogP) is -2.21. The van der Waals surface area contributed by atoms with Crippen molar-refractivity contribution < 1.29 is 60.3 Å². The van der Waals surface area contributed by atoms with Crippen LogP contribution in [0.1, 0.15) is 29.9 Å². The monoisotopic (exact) mass is 334 g/mol. The van der Waals surface area contributed by atoms with Gasteiger partial charge in [-0.15, -0.1) is 0 Å². The molecule has 0 aliphatic carbocycles. The molecule has 1 heterocycles. The zero-order chi connectivity index (χ0) is 16.7. The third-order valence-electron chi connectivity index (χ3n) is 4.32. The van der Waals surface area contributed by atoms with E-state index < -0.39 is 11.6 Å². The minimum Gasteiger partial charge on any atom is -1.00 e. The summed E-state index contributed by atoms with van der Waals surface area (Å²) in [6.45, 7) is 0. The van der Waals surface area contributed by atoms with E-state index in [9.17, 15) is 15.0 Å². The molecule has 0 unspecified atom stereocenters. The van der Waals surface area contributed by atoms with Crippen LogP contribution in [0.3, 0.4) is 0 Å². The Hall–Kier alpha value is -2.08. The molecule has 0 radical (unpaired) electrons. The molecule has 1 aliphatic heterocycles. The molecule has 1 aliphatic rings. The Morgan fingerprint density at radius 1 is 0.731 bits per heavy atom. The Morgan fingerprint density at radius 3 is 1.69 bits per heavy atom. The molecule has 0 amide bonds. The quantitative estimate of drug-likeness (QED) is 0.412. The molecule has 0 aromatic heterocycles.